The molecule has 0 saturated heterocycles. The lowest BCUT2D eigenvalue weighted by atomic mass is 9.81. The molecule has 1 aliphatic carbocycles. The summed E-state index contributed by atoms with van der Waals surface area (Å²) in [5.74, 6) is 0.795. The second kappa shape index (κ2) is 5.44. The standard InChI is InChI=1S/C14H22N2/c1-3-11(2)15-10-14-8-7-13(9-16-14)12-5-4-6-12/h7-9,11-12,15H,3-6,10H2,1-2H3. The summed E-state index contributed by atoms with van der Waals surface area (Å²) in [6.07, 6.45) is 7.33. The average Bonchev–Trinajstić information content (AvgIpc) is 2.25. The van der Waals surface area contributed by atoms with Crippen molar-refractivity contribution in [1.29, 1.82) is 0 Å². The molecule has 1 saturated carbocycles. The van der Waals surface area contributed by atoms with Gasteiger partial charge in [-0.2, -0.15) is 0 Å². The van der Waals surface area contributed by atoms with Crippen LogP contribution < -0.4 is 5.32 Å². The van der Waals surface area contributed by atoms with Crippen LogP contribution in [0.1, 0.15) is 56.7 Å². The monoisotopic (exact) mass is 218 g/mol. The largest absolute Gasteiger partial charge is 0.309 e. The highest BCUT2D eigenvalue weighted by atomic mass is 14.9. The van der Waals surface area contributed by atoms with Crippen LogP contribution >= 0.6 is 0 Å². The average molecular weight is 218 g/mol. The van der Waals surface area contributed by atoms with Crippen LogP contribution in [0.15, 0.2) is 18.3 Å². The minimum Gasteiger partial charge on any atom is -0.309 e. The fourth-order valence-electron chi connectivity index (χ4n) is 1.95. The molecule has 88 valence electrons. The number of rotatable bonds is 5. The van der Waals surface area contributed by atoms with E-state index in [9.17, 15) is 0 Å². The smallest absolute Gasteiger partial charge is 0.0541 e. The summed E-state index contributed by atoms with van der Waals surface area (Å²) < 4.78 is 0. The first-order chi connectivity index (χ1) is 7.79. The minimum absolute atomic E-state index is 0.577. The molecule has 0 aliphatic heterocycles. The minimum atomic E-state index is 0.577. The molecular weight excluding hydrogens is 196 g/mol. The van der Waals surface area contributed by atoms with Gasteiger partial charge in [0.05, 0.1) is 5.69 Å². The van der Waals surface area contributed by atoms with Gasteiger partial charge in [0.15, 0.2) is 0 Å². The van der Waals surface area contributed by atoms with Crippen LogP contribution in [0.25, 0.3) is 0 Å². The quantitative estimate of drug-likeness (QED) is 0.820. The third kappa shape index (κ3) is 2.82. The second-order valence-electron chi connectivity index (χ2n) is 4.90. The Hall–Kier alpha value is -0.890. The van der Waals surface area contributed by atoms with Gasteiger partial charge < -0.3 is 5.32 Å². The summed E-state index contributed by atoms with van der Waals surface area (Å²) in [5, 5.41) is 3.46. The third-order valence-corrected chi connectivity index (χ3v) is 3.67. The normalized spacial score (nSPS) is 18.1. The van der Waals surface area contributed by atoms with Crippen molar-refractivity contribution in [2.75, 3.05) is 0 Å². The van der Waals surface area contributed by atoms with Crippen LogP contribution in [0.2, 0.25) is 0 Å². The zero-order valence-electron chi connectivity index (χ0n) is 10.4. The first-order valence-corrected chi connectivity index (χ1v) is 6.47. The highest BCUT2D eigenvalue weighted by Gasteiger charge is 2.19. The van der Waals surface area contributed by atoms with Gasteiger partial charge in [-0.05, 0) is 43.7 Å². The Labute approximate surface area is 98.5 Å². The van der Waals surface area contributed by atoms with Crippen LogP contribution in [0, 0.1) is 0 Å². The van der Waals surface area contributed by atoms with Gasteiger partial charge in [-0.1, -0.05) is 19.4 Å². The van der Waals surface area contributed by atoms with E-state index in [1.54, 1.807) is 0 Å². The topological polar surface area (TPSA) is 24.9 Å². The summed E-state index contributed by atoms with van der Waals surface area (Å²) in [7, 11) is 0. The lowest BCUT2D eigenvalue weighted by molar-refractivity contribution is 0.418. The third-order valence-electron chi connectivity index (χ3n) is 3.67. The Morgan fingerprint density at radius 3 is 2.75 bits per heavy atom. The highest BCUT2D eigenvalue weighted by Crippen LogP contribution is 2.35. The number of aromatic nitrogens is 1. The molecule has 0 bridgehead atoms. The van der Waals surface area contributed by atoms with Crippen molar-refractivity contribution in [3.63, 3.8) is 0 Å². The first-order valence-electron chi connectivity index (χ1n) is 6.47. The van der Waals surface area contributed by atoms with Gasteiger partial charge in [-0.15, -0.1) is 0 Å². The molecule has 1 aromatic rings. The molecule has 1 aliphatic rings. The molecule has 1 atom stereocenters. The predicted molar refractivity (Wildman–Crippen MR) is 67.4 cm³/mol. The molecule has 0 radical (unpaired) electrons. The molecule has 2 rings (SSSR count). The van der Waals surface area contributed by atoms with Crippen LogP contribution in [-0.4, -0.2) is 11.0 Å². The van der Waals surface area contributed by atoms with E-state index < -0.39 is 0 Å². The molecule has 16 heavy (non-hydrogen) atoms. The van der Waals surface area contributed by atoms with E-state index in [-0.39, 0.29) is 0 Å². The number of nitrogens with zero attached hydrogens (tertiary/aromatic N) is 1. The van der Waals surface area contributed by atoms with Gasteiger partial charge in [-0.3, -0.25) is 4.98 Å². The maximum atomic E-state index is 4.53. The number of nitrogens with one attached hydrogen (secondary N) is 1. The van der Waals surface area contributed by atoms with Crippen molar-refractivity contribution < 1.29 is 0 Å². The van der Waals surface area contributed by atoms with E-state index >= 15 is 0 Å². The van der Waals surface area contributed by atoms with E-state index in [2.05, 4.69) is 42.5 Å². The highest BCUT2D eigenvalue weighted by molar-refractivity contribution is 5.20. The summed E-state index contributed by atoms with van der Waals surface area (Å²) in [6.45, 7) is 5.30. The van der Waals surface area contributed by atoms with E-state index in [4.69, 9.17) is 0 Å². The van der Waals surface area contributed by atoms with Crippen molar-refractivity contribution >= 4 is 0 Å². The van der Waals surface area contributed by atoms with Gasteiger partial charge in [-0.25, -0.2) is 0 Å². The molecule has 1 unspecified atom stereocenters. The number of hydrogen-bond acceptors (Lipinski definition) is 2. The van der Waals surface area contributed by atoms with Crippen LogP contribution in [0.5, 0.6) is 0 Å². The lowest BCUT2D eigenvalue weighted by Gasteiger charge is -2.25. The van der Waals surface area contributed by atoms with Crippen molar-refractivity contribution in [1.82, 2.24) is 10.3 Å². The molecule has 1 heterocycles. The van der Waals surface area contributed by atoms with Gasteiger partial charge in [0.25, 0.3) is 0 Å². The second-order valence-corrected chi connectivity index (χ2v) is 4.90. The maximum Gasteiger partial charge on any atom is 0.0541 e. The maximum absolute atomic E-state index is 4.53. The molecule has 1 aromatic heterocycles. The molecule has 1 N–H and O–H groups in total. The molecular formula is C14H22N2. The first kappa shape index (κ1) is 11.6. The zero-order chi connectivity index (χ0) is 11.4. The fourth-order valence-corrected chi connectivity index (χ4v) is 1.95. The molecule has 0 aromatic carbocycles. The van der Waals surface area contributed by atoms with E-state index in [1.165, 1.54) is 31.2 Å². The molecule has 2 heteroatoms. The predicted octanol–water partition coefficient (Wildman–Crippen LogP) is 3.24. The van der Waals surface area contributed by atoms with Gasteiger partial charge in [0, 0.05) is 18.8 Å². The van der Waals surface area contributed by atoms with E-state index in [0.717, 1.165) is 18.2 Å². The molecule has 0 amide bonds. The van der Waals surface area contributed by atoms with E-state index in [0.29, 0.717) is 6.04 Å². The summed E-state index contributed by atoms with van der Waals surface area (Å²) >= 11 is 0. The van der Waals surface area contributed by atoms with Gasteiger partial charge >= 0.3 is 0 Å². The fraction of sp³-hybridized carbons (Fsp3) is 0.643. The Morgan fingerprint density at radius 2 is 2.25 bits per heavy atom. The van der Waals surface area contributed by atoms with E-state index in [1.807, 2.05) is 0 Å². The SMILES string of the molecule is CCC(C)NCc1ccc(C2CCC2)cn1. The summed E-state index contributed by atoms with van der Waals surface area (Å²) in [6, 6.07) is 5.00. The van der Waals surface area contributed by atoms with Crippen LogP contribution in [0.3, 0.4) is 0 Å². The Morgan fingerprint density at radius 1 is 1.44 bits per heavy atom. The van der Waals surface area contributed by atoms with Crippen molar-refractivity contribution in [2.45, 2.75) is 58.0 Å². The van der Waals surface area contributed by atoms with Crippen molar-refractivity contribution in [2.24, 2.45) is 0 Å². The van der Waals surface area contributed by atoms with Crippen LogP contribution in [0.4, 0.5) is 0 Å². The van der Waals surface area contributed by atoms with Gasteiger partial charge in [0.2, 0.25) is 0 Å². The summed E-state index contributed by atoms with van der Waals surface area (Å²) in [5.41, 5.74) is 2.59. The summed E-state index contributed by atoms with van der Waals surface area (Å²) in [4.78, 5) is 4.53. The Bertz CT molecular complexity index is 314. The molecule has 2 nitrogen and oxygen atoms in total. The molecule has 1 fully saturated rings. The Kier molecular flexibility index (Phi) is 3.94. The lowest BCUT2D eigenvalue weighted by Crippen LogP contribution is -2.24. The Balaban J connectivity index is 1.86. The zero-order valence-corrected chi connectivity index (χ0v) is 10.4. The van der Waals surface area contributed by atoms with Gasteiger partial charge in [0.1, 0.15) is 0 Å². The van der Waals surface area contributed by atoms with Crippen LogP contribution in [-0.2, 0) is 6.54 Å². The number of pyridine rings is 1. The molecule has 0 spiro atoms. The van der Waals surface area contributed by atoms with Crippen molar-refractivity contribution in [3.8, 4) is 0 Å². The van der Waals surface area contributed by atoms with Crippen molar-refractivity contribution in [3.05, 3.63) is 29.6 Å². The number of hydrogen-bond donors (Lipinski definition) is 1.